The second-order valence-corrected chi connectivity index (χ2v) is 4.58. The van der Waals surface area contributed by atoms with E-state index >= 15 is 0 Å². The number of H-pyrrole nitrogens is 1. The highest BCUT2D eigenvalue weighted by atomic mass is 16.1. The zero-order valence-electron chi connectivity index (χ0n) is 10.1. The minimum Gasteiger partial charge on any atom is -0.353 e. The molecule has 0 aromatic carbocycles. The summed E-state index contributed by atoms with van der Waals surface area (Å²) in [7, 11) is 1.91. The summed E-state index contributed by atoms with van der Waals surface area (Å²) in [5.74, 6) is 0.729. The second kappa shape index (κ2) is 3.85. The van der Waals surface area contributed by atoms with Crippen LogP contribution in [0.4, 0.5) is 5.82 Å². The fraction of sp³-hybridized carbons (Fsp3) is 0.500. The van der Waals surface area contributed by atoms with Crippen LogP contribution in [0.1, 0.15) is 13.8 Å². The van der Waals surface area contributed by atoms with Crippen LogP contribution < -0.4 is 16.3 Å². The van der Waals surface area contributed by atoms with Gasteiger partial charge in [0.2, 0.25) is 0 Å². The summed E-state index contributed by atoms with van der Waals surface area (Å²) in [6.07, 6.45) is 1.46. The molecule has 2 rings (SSSR count). The summed E-state index contributed by atoms with van der Waals surface area (Å²) < 4.78 is 1.35. The maximum Gasteiger partial charge on any atom is 0.348 e. The van der Waals surface area contributed by atoms with Crippen LogP contribution in [0.5, 0.6) is 0 Å². The quantitative estimate of drug-likeness (QED) is 0.756. The molecule has 0 aliphatic rings. The Morgan fingerprint density at radius 1 is 1.59 bits per heavy atom. The van der Waals surface area contributed by atoms with E-state index in [-0.39, 0.29) is 11.2 Å². The summed E-state index contributed by atoms with van der Waals surface area (Å²) in [4.78, 5) is 17.5. The molecule has 0 spiro atoms. The molecular weight excluding hydrogens is 220 g/mol. The molecule has 0 radical (unpaired) electrons. The molecule has 0 fully saturated rings. The Kier molecular flexibility index (Phi) is 2.62. The predicted octanol–water partition coefficient (Wildman–Crippen LogP) is -0.409. The fourth-order valence-electron chi connectivity index (χ4n) is 1.43. The fourth-order valence-corrected chi connectivity index (χ4v) is 1.43. The molecule has 3 N–H and O–H groups in total. The van der Waals surface area contributed by atoms with Crippen LogP contribution in [-0.2, 0) is 0 Å². The van der Waals surface area contributed by atoms with Gasteiger partial charge in [-0.25, -0.2) is 19.3 Å². The van der Waals surface area contributed by atoms with E-state index in [0.29, 0.717) is 12.2 Å². The Bertz CT molecular complexity index is 584. The van der Waals surface area contributed by atoms with Gasteiger partial charge in [0.05, 0.1) is 0 Å². The highest BCUT2D eigenvalue weighted by Gasteiger charge is 2.23. The summed E-state index contributed by atoms with van der Waals surface area (Å²) in [6.45, 7) is 4.55. The third-order valence-electron chi connectivity index (χ3n) is 3.05. The summed E-state index contributed by atoms with van der Waals surface area (Å²) >= 11 is 0. The number of nitrogens with zero attached hydrogens (tertiary/aromatic N) is 4. The Morgan fingerprint density at radius 3 is 2.94 bits per heavy atom. The van der Waals surface area contributed by atoms with Gasteiger partial charge < -0.3 is 10.6 Å². The lowest BCUT2D eigenvalue weighted by Crippen LogP contribution is -2.47. The number of hydrogen-bond acceptors (Lipinski definition) is 5. The van der Waals surface area contributed by atoms with Crippen LogP contribution in [0.15, 0.2) is 17.2 Å². The smallest absolute Gasteiger partial charge is 0.348 e. The van der Waals surface area contributed by atoms with E-state index in [4.69, 9.17) is 5.73 Å². The number of rotatable bonds is 3. The van der Waals surface area contributed by atoms with Gasteiger partial charge in [-0.05, 0) is 13.8 Å². The lowest BCUT2D eigenvalue weighted by molar-refractivity contribution is 0.494. The van der Waals surface area contributed by atoms with Crippen LogP contribution in [-0.4, -0.2) is 38.7 Å². The molecule has 0 bridgehead atoms. The van der Waals surface area contributed by atoms with Gasteiger partial charge >= 0.3 is 5.69 Å². The van der Waals surface area contributed by atoms with Gasteiger partial charge in [-0.2, -0.15) is 5.10 Å². The standard InChI is InChI=1S/C10H16N6O/c1-10(2,5-11)15(3)7-4-8-13-14-9(17)16(8)6-12-7/h4,6H,5,11H2,1-3H3,(H,14,17). The first kappa shape index (κ1) is 11.6. The van der Waals surface area contributed by atoms with Crippen molar-refractivity contribution in [3.05, 3.63) is 22.9 Å². The second-order valence-electron chi connectivity index (χ2n) is 4.58. The molecular formula is C10H16N6O. The van der Waals surface area contributed by atoms with Crippen molar-refractivity contribution in [3.63, 3.8) is 0 Å². The summed E-state index contributed by atoms with van der Waals surface area (Å²) in [5.41, 5.74) is 5.76. The molecule has 0 aliphatic heterocycles. The third-order valence-corrected chi connectivity index (χ3v) is 3.05. The SMILES string of the molecule is CN(c1cc2n[nH]c(=O)n2cn1)C(C)(C)CN. The molecule has 0 amide bonds. The first-order valence-corrected chi connectivity index (χ1v) is 5.32. The molecule has 17 heavy (non-hydrogen) atoms. The molecule has 0 saturated heterocycles. The minimum atomic E-state index is -0.292. The number of nitrogens with two attached hydrogens (primary N) is 1. The topological polar surface area (TPSA) is 92.3 Å². The third kappa shape index (κ3) is 1.89. The number of aromatic nitrogens is 4. The maximum absolute atomic E-state index is 11.3. The number of nitrogens with one attached hydrogen (secondary N) is 1. The highest BCUT2D eigenvalue weighted by molar-refractivity contribution is 5.51. The zero-order valence-corrected chi connectivity index (χ0v) is 10.1. The van der Waals surface area contributed by atoms with Gasteiger partial charge in [0.1, 0.15) is 12.1 Å². The van der Waals surface area contributed by atoms with Crippen LogP contribution >= 0.6 is 0 Å². The van der Waals surface area contributed by atoms with Crippen molar-refractivity contribution in [2.24, 2.45) is 5.73 Å². The van der Waals surface area contributed by atoms with Crippen molar-refractivity contribution in [2.75, 3.05) is 18.5 Å². The number of hydrogen-bond donors (Lipinski definition) is 2. The Labute approximate surface area is 98.3 Å². The van der Waals surface area contributed by atoms with Crippen molar-refractivity contribution in [1.82, 2.24) is 19.6 Å². The molecule has 0 aliphatic carbocycles. The molecule has 7 nitrogen and oxygen atoms in total. The van der Waals surface area contributed by atoms with Gasteiger partial charge in [0.15, 0.2) is 5.65 Å². The highest BCUT2D eigenvalue weighted by Crippen LogP contribution is 2.19. The van der Waals surface area contributed by atoms with Crippen molar-refractivity contribution >= 4 is 11.5 Å². The number of anilines is 1. The van der Waals surface area contributed by atoms with E-state index in [1.807, 2.05) is 25.8 Å². The van der Waals surface area contributed by atoms with E-state index < -0.39 is 0 Å². The molecule has 2 heterocycles. The largest absolute Gasteiger partial charge is 0.353 e. The molecule has 2 aromatic heterocycles. The predicted molar refractivity (Wildman–Crippen MR) is 65.1 cm³/mol. The van der Waals surface area contributed by atoms with Gasteiger partial charge in [-0.15, -0.1) is 0 Å². The lowest BCUT2D eigenvalue weighted by atomic mass is 10.0. The first-order valence-electron chi connectivity index (χ1n) is 5.32. The van der Waals surface area contributed by atoms with E-state index in [2.05, 4.69) is 15.2 Å². The summed E-state index contributed by atoms with van der Waals surface area (Å²) in [6, 6.07) is 1.75. The summed E-state index contributed by atoms with van der Waals surface area (Å²) in [5, 5.41) is 6.27. The van der Waals surface area contributed by atoms with Gasteiger partial charge in [-0.3, -0.25) is 0 Å². The van der Waals surface area contributed by atoms with Crippen LogP contribution in [0.3, 0.4) is 0 Å². The minimum absolute atomic E-state index is 0.206. The first-order chi connectivity index (χ1) is 7.95. The van der Waals surface area contributed by atoms with Crippen LogP contribution in [0.25, 0.3) is 5.65 Å². The Hall–Kier alpha value is -1.89. The number of fused-ring (bicyclic) bond motifs is 1. The van der Waals surface area contributed by atoms with Crippen molar-refractivity contribution in [2.45, 2.75) is 19.4 Å². The average Bonchev–Trinajstić information content (AvgIpc) is 2.69. The molecule has 7 heteroatoms. The van der Waals surface area contributed by atoms with E-state index in [1.165, 1.54) is 10.7 Å². The van der Waals surface area contributed by atoms with Crippen LogP contribution in [0.2, 0.25) is 0 Å². The van der Waals surface area contributed by atoms with Crippen molar-refractivity contribution < 1.29 is 0 Å². The van der Waals surface area contributed by atoms with Crippen molar-refractivity contribution in [3.8, 4) is 0 Å². The lowest BCUT2D eigenvalue weighted by Gasteiger charge is -2.35. The Morgan fingerprint density at radius 2 is 2.29 bits per heavy atom. The molecule has 0 unspecified atom stereocenters. The van der Waals surface area contributed by atoms with E-state index in [9.17, 15) is 4.79 Å². The van der Waals surface area contributed by atoms with Gasteiger partial charge in [-0.1, -0.05) is 0 Å². The van der Waals surface area contributed by atoms with E-state index in [0.717, 1.165) is 5.82 Å². The van der Waals surface area contributed by atoms with Gasteiger partial charge in [0.25, 0.3) is 0 Å². The number of likely N-dealkylation sites (N-methyl/N-ethyl adjacent to an activating group) is 1. The van der Waals surface area contributed by atoms with Crippen LogP contribution in [0, 0.1) is 0 Å². The molecule has 2 aromatic rings. The average molecular weight is 236 g/mol. The monoisotopic (exact) mass is 236 g/mol. The van der Waals surface area contributed by atoms with E-state index in [1.54, 1.807) is 6.07 Å². The Balaban J connectivity index is 2.46. The molecule has 0 saturated carbocycles. The molecule has 0 atom stereocenters. The number of aromatic amines is 1. The van der Waals surface area contributed by atoms with Gasteiger partial charge in [0, 0.05) is 25.2 Å². The van der Waals surface area contributed by atoms with Crippen molar-refractivity contribution in [1.29, 1.82) is 0 Å². The molecule has 92 valence electrons. The zero-order chi connectivity index (χ0) is 12.6. The maximum atomic E-state index is 11.3. The normalized spacial score (nSPS) is 12.0.